The Hall–Kier alpha value is -2.59. The average molecular weight is 516 g/mol. The van der Waals surface area contributed by atoms with Crippen molar-refractivity contribution in [2.45, 2.75) is 45.3 Å². The van der Waals surface area contributed by atoms with E-state index in [-0.39, 0.29) is 11.9 Å². The SMILES string of the molecule is Cc1nc([C@H](C)O)sc1-c1csc(Nc2ccc3c(n2)CCCC3Nc2ccc(Cl)cc2F)n1. The molecule has 0 fully saturated rings. The maximum atomic E-state index is 14.3. The van der Waals surface area contributed by atoms with Crippen molar-refractivity contribution in [3.05, 3.63) is 68.5 Å². The summed E-state index contributed by atoms with van der Waals surface area (Å²) in [5.74, 6) is 0.367. The van der Waals surface area contributed by atoms with Gasteiger partial charge in [-0.15, -0.1) is 22.7 Å². The van der Waals surface area contributed by atoms with Gasteiger partial charge in [-0.1, -0.05) is 17.7 Å². The summed E-state index contributed by atoms with van der Waals surface area (Å²) in [4.78, 5) is 14.9. The summed E-state index contributed by atoms with van der Waals surface area (Å²) in [5.41, 5.74) is 4.22. The minimum Gasteiger partial charge on any atom is -0.386 e. The van der Waals surface area contributed by atoms with Gasteiger partial charge in [-0.05, 0) is 62.9 Å². The number of benzene rings is 1. The number of pyridine rings is 1. The number of nitrogens with zero attached hydrogens (tertiary/aromatic N) is 3. The second-order valence-electron chi connectivity index (χ2n) is 8.25. The van der Waals surface area contributed by atoms with Crippen LogP contribution in [0.3, 0.4) is 0 Å². The van der Waals surface area contributed by atoms with Gasteiger partial charge in [0.05, 0.1) is 28.0 Å². The maximum Gasteiger partial charge on any atom is 0.188 e. The van der Waals surface area contributed by atoms with Gasteiger partial charge in [0.15, 0.2) is 5.13 Å². The molecule has 34 heavy (non-hydrogen) atoms. The summed E-state index contributed by atoms with van der Waals surface area (Å²) in [6, 6.07) is 8.64. The number of nitrogens with one attached hydrogen (secondary N) is 2. The molecule has 0 bridgehead atoms. The van der Waals surface area contributed by atoms with Crippen molar-refractivity contribution in [1.82, 2.24) is 15.0 Å². The van der Waals surface area contributed by atoms with Crippen molar-refractivity contribution >= 4 is 50.9 Å². The van der Waals surface area contributed by atoms with Crippen LogP contribution in [0.15, 0.2) is 35.7 Å². The van der Waals surface area contributed by atoms with Gasteiger partial charge in [0.1, 0.15) is 22.7 Å². The van der Waals surface area contributed by atoms with Gasteiger partial charge < -0.3 is 15.7 Å². The Morgan fingerprint density at radius 3 is 2.82 bits per heavy atom. The van der Waals surface area contributed by atoms with E-state index in [2.05, 4.69) is 15.6 Å². The molecule has 5 rings (SSSR count). The van der Waals surface area contributed by atoms with Crippen LogP contribution in [0.25, 0.3) is 10.6 Å². The van der Waals surface area contributed by atoms with E-state index in [9.17, 15) is 9.50 Å². The van der Waals surface area contributed by atoms with Crippen LogP contribution in [-0.4, -0.2) is 20.1 Å². The quantitative estimate of drug-likeness (QED) is 0.255. The number of anilines is 3. The number of rotatable bonds is 6. The molecular weight excluding hydrogens is 493 g/mol. The smallest absolute Gasteiger partial charge is 0.188 e. The van der Waals surface area contributed by atoms with E-state index >= 15 is 0 Å². The molecule has 3 N–H and O–H groups in total. The topological polar surface area (TPSA) is 83.0 Å². The summed E-state index contributed by atoms with van der Waals surface area (Å²) >= 11 is 8.84. The van der Waals surface area contributed by atoms with Crippen molar-refractivity contribution < 1.29 is 9.50 Å². The fourth-order valence-corrected chi connectivity index (χ4v) is 5.96. The number of hydrogen-bond donors (Lipinski definition) is 3. The highest BCUT2D eigenvalue weighted by Crippen LogP contribution is 2.36. The third-order valence-electron chi connectivity index (χ3n) is 5.69. The zero-order valence-electron chi connectivity index (χ0n) is 18.6. The van der Waals surface area contributed by atoms with Gasteiger partial charge in [-0.2, -0.15) is 0 Å². The molecule has 3 aromatic heterocycles. The molecule has 0 aliphatic heterocycles. The number of aromatic nitrogens is 3. The minimum atomic E-state index is -0.595. The largest absolute Gasteiger partial charge is 0.386 e. The number of fused-ring (bicyclic) bond motifs is 1. The number of thiazole rings is 2. The molecule has 4 aromatic rings. The molecule has 6 nitrogen and oxygen atoms in total. The Kier molecular flexibility index (Phi) is 6.52. The molecule has 1 aliphatic rings. The summed E-state index contributed by atoms with van der Waals surface area (Å²) in [5, 5.41) is 20.2. The van der Waals surface area contributed by atoms with Crippen LogP contribution >= 0.6 is 34.3 Å². The Morgan fingerprint density at radius 1 is 1.21 bits per heavy atom. The molecule has 0 radical (unpaired) electrons. The Morgan fingerprint density at radius 2 is 2.06 bits per heavy atom. The van der Waals surface area contributed by atoms with Crippen molar-refractivity contribution in [2.75, 3.05) is 10.6 Å². The molecule has 1 aromatic carbocycles. The maximum absolute atomic E-state index is 14.3. The van der Waals surface area contributed by atoms with Gasteiger partial charge in [-0.25, -0.2) is 19.3 Å². The average Bonchev–Trinajstić information content (AvgIpc) is 3.42. The van der Waals surface area contributed by atoms with E-state index in [1.165, 1.54) is 28.7 Å². The van der Waals surface area contributed by atoms with E-state index < -0.39 is 6.10 Å². The predicted octanol–water partition coefficient (Wildman–Crippen LogP) is 7.05. The molecule has 1 aliphatic carbocycles. The standard InChI is InChI=1S/C24H23ClFN5OS2/c1-12-22(34-23(27-12)13(2)32)20-11-33-24(30-20)31-21-9-7-15-17(4-3-5-18(15)29-21)28-19-8-6-14(25)10-16(19)26/h6-11,13,17,28,32H,3-5H2,1-2H3,(H,29,30,31)/t13-,17?/m0/s1. The van der Waals surface area contributed by atoms with E-state index in [4.69, 9.17) is 21.6 Å². The summed E-state index contributed by atoms with van der Waals surface area (Å²) in [6.45, 7) is 3.64. The minimum absolute atomic E-state index is 0.00939. The lowest BCUT2D eigenvalue weighted by molar-refractivity contribution is 0.198. The zero-order valence-corrected chi connectivity index (χ0v) is 21.0. The monoisotopic (exact) mass is 515 g/mol. The van der Waals surface area contributed by atoms with Crippen molar-refractivity contribution in [1.29, 1.82) is 0 Å². The molecule has 0 saturated carbocycles. The van der Waals surface area contributed by atoms with Crippen LogP contribution < -0.4 is 10.6 Å². The first kappa shape index (κ1) is 23.2. The van der Waals surface area contributed by atoms with Crippen LogP contribution in [-0.2, 0) is 6.42 Å². The van der Waals surface area contributed by atoms with E-state index in [1.807, 2.05) is 24.4 Å². The Labute approximate surface area is 209 Å². The van der Waals surface area contributed by atoms with Crippen molar-refractivity contribution in [2.24, 2.45) is 0 Å². The van der Waals surface area contributed by atoms with Gasteiger partial charge in [0, 0.05) is 16.1 Å². The second kappa shape index (κ2) is 9.58. The fourth-order valence-electron chi connectivity index (χ4n) is 4.05. The number of aliphatic hydroxyl groups excluding tert-OH is 1. The molecule has 2 atom stereocenters. The first-order chi connectivity index (χ1) is 16.4. The van der Waals surface area contributed by atoms with Gasteiger partial charge >= 0.3 is 0 Å². The second-order valence-corrected chi connectivity index (χ2v) is 10.6. The molecule has 0 spiro atoms. The number of aryl methyl sites for hydroxylation is 2. The number of halogens is 2. The van der Waals surface area contributed by atoms with Crippen LogP contribution in [0.2, 0.25) is 5.02 Å². The van der Waals surface area contributed by atoms with Crippen LogP contribution in [0, 0.1) is 12.7 Å². The number of hydrogen-bond acceptors (Lipinski definition) is 8. The van der Waals surface area contributed by atoms with Crippen LogP contribution in [0.5, 0.6) is 0 Å². The molecule has 10 heteroatoms. The Bertz CT molecular complexity index is 1340. The third kappa shape index (κ3) is 4.79. The molecule has 1 unspecified atom stereocenters. The van der Waals surface area contributed by atoms with Crippen molar-refractivity contribution in [3.8, 4) is 10.6 Å². The summed E-state index contributed by atoms with van der Waals surface area (Å²) in [6.07, 6.45) is 2.15. The van der Waals surface area contributed by atoms with E-state index in [1.54, 1.807) is 19.1 Å². The molecule has 3 heterocycles. The molecule has 0 saturated heterocycles. The summed E-state index contributed by atoms with van der Waals surface area (Å²) in [7, 11) is 0. The van der Waals surface area contributed by atoms with Gasteiger partial charge in [0.2, 0.25) is 0 Å². The lowest BCUT2D eigenvalue weighted by Gasteiger charge is -2.27. The lowest BCUT2D eigenvalue weighted by atomic mass is 9.91. The Balaban J connectivity index is 1.33. The highest BCUT2D eigenvalue weighted by Gasteiger charge is 2.23. The fraction of sp³-hybridized carbons (Fsp3) is 0.292. The normalized spacial score (nSPS) is 16.2. The van der Waals surface area contributed by atoms with Crippen LogP contribution in [0.1, 0.15) is 53.9 Å². The number of aliphatic hydroxyl groups is 1. The molecule has 176 valence electrons. The van der Waals surface area contributed by atoms with Crippen LogP contribution in [0.4, 0.5) is 21.0 Å². The first-order valence-electron chi connectivity index (χ1n) is 11.0. The molecule has 0 amide bonds. The molecular formula is C24H23ClFN5OS2. The van der Waals surface area contributed by atoms with Gasteiger partial charge in [-0.3, -0.25) is 0 Å². The highest BCUT2D eigenvalue weighted by atomic mass is 35.5. The lowest BCUT2D eigenvalue weighted by Crippen LogP contribution is -2.19. The highest BCUT2D eigenvalue weighted by molar-refractivity contribution is 7.17. The predicted molar refractivity (Wildman–Crippen MR) is 137 cm³/mol. The first-order valence-corrected chi connectivity index (χ1v) is 13.0. The summed E-state index contributed by atoms with van der Waals surface area (Å²) < 4.78 is 14.3. The zero-order chi connectivity index (χ0) is 23.8. The van der Waals surface area contributed by atoms with Gasteiger partial charge in [0.25, 0.3) is 0 Å². The van der Waals surface area contributed by atoms with Crippen molar-refractivity contribution in [3.63, 3.8) is 0 Å². The van der Waals surface area contributed by atoms with E-state index in [0.29, 0.717) is 15.7 Å². The third-order valence-corrected chi connectivity index (χ3v) is 8.04. The van der Waals surface area contributed by atoms with E-state index in [0.717, 1.165) is 57.7 Å².